The Labute approximate surface area is 101 Å². The summed E-state index contributed by atoms with van der Waals surface area (Å²) in [6.07, 6.45) is 2.44. The molecule has 2 heteroatoms. The lowest BCUT2D eigenvalue weighted by Gasteiger charge is -2.05. The average molecular weight is 223 g/mol. The van der Waals surface area contributed by atoms with E-state index in [0.29, 0.717) is 5.69 Å². The molecule has 0 saturated heterocycles. The van der Waals surface area contributed by atoms with E-state index >= 15 is 0 Å². The van der Waals surface area contributed by atoms with Gasteiger partial charge < -0.3 is 0 Å². The molecule has 0 unspecified atom stereocenters. The Morgan fingerprint density at radius 1 is 1.06 bits per heavy atom. The molecule has 0 fully saturated rings. The van der Waals surface area contributed by atoms with Crippen LogP contribution in [0.3, 0.4) is 0 Å². The van der Waals surface area contributed by atoms with Crippen molar-refractivity contribution in [2.45, 2.75) is 13.3 Å². The number of isocyanates is 1. The second-order valence-electron chi connectivity index (χ2n) is 3.97. The molecule has 0 aliphatic rings. The first kappa shape index (κ1) is 11.3. The number of carbonyl (C=O) groups excluding carboxylic acids is 1. The minimum absolute atomic E-state index is 0.647. The predicted molar refractivity (Wildman–Crippen MR) is 68.2 cm³/mol. The SMILES string of the molecule is Cc1ccccc1Cc1ccc(N=C=O)cc1. The fourth-order valence-electron chi connectivity index (χ4n) is 1.77. The smallest absolute Gasteiger partial charge is 0.211 e. The fraction of sp³-hybridized carbons (Fsp3) is 0.133. The summed E-state index contributed by atoms with van der Waals surface area (Å²) in [5.74, 6) is 0. The topological polar surface area (TPSA) is 29.4 Å². The maximum atomic E-state index is 10.1. The van der Waals surface area contributed by atoms with Gasteiger partial charge in [0, 0.05) is 0 Å². The monoisotopic (exact) mass is 223 g/mol. The van der Waals surface area contributed by atoms with E-state index in [4.69, 9.17) is 0 Å². The zero-order valence-corrected chi connectivity index (χ0v) is 9.68. The van der Waals surface area contributed by atoms with E-state index in [-0.39, 0.29) is 0 Å². The van der Waals surface area contributed by atoms with Crippen LogP contribution < -0.4 is 0 Å². The van der Waals surface area contributed by atoms with E-state index < -0.39 is 0 Å². The first-order chi connectivity index (χ1) is 8.29. The van der Waals surface area contributed by atoms with Gasteiger partial charge in [0.1, 0.15) is 0 Å². The Kier molecular flexibility index (Phi) is 3.49. The highest BCUT2D eigenvalue weighted by atomic mass is 16.1. The van der Waals surface area contributed by atoms with Crippen molar-refractivity contribution < 1.29 is 4.79 Å². The van der Waals surface area contributed by atoms with Gasteiger partial charge in [0.15, 0.2) is 0 Å². The molecule has 0 aromatic heterocycles. The summed E-state index contributed by atoms with van der Waals surface area (Å²) in [4.78, 5) is 13.7. The van der Waals surface area contributed by atoms with Crippen LogP contribution in [0.1, 0.15) is 16.7 Å². The minimum Gasteiger partial charge on any atom is -0.211 e. The van der Waals surface area contributed by atoms with Crippen molar-refractivity contribution in [3.05, 3.63) is 65.2 Å². The van der Waals surface area contributed by atoms with Crippen molar-refractivity contribution >= 4 is 11.8 Å². The quantitative estimate of drug-likeness (QED) is 0.578. The van der Waals surface area contributed by atoms with Gasteiger partial charge in [0.25, 0.3) is 0 Å². The highest BCUT2D eigenvalue weighted by Crippen LogP contribution is 2.17. The van der Waals surface area contributed by atoms with Crippen LogP contribution in [0, 0.1) is 6.92 Å². The molecule has 2 aromatic rings. The highest BCUT2D eigenvalue weighted by Gasteiger charge is 1.99. The minimum atomic E-state index is 0.647. The molecule has 2 aromatic carbocycles. The molecule has 84 valence electrons. The van der Waals surface area contributed by atoms with E-state index in [0.717, 1.165) is 6.42 Å². The number of hydrogen-bond donors (Lipinski definition) is 0. The van der Waals surface area contributed by atoms with Gasteiger partial charge in [-0.25, -0.2) is 4.79 Å². The van der Waals surface area contributed by atoms with Crippen LogP contribution in [0.5, 0.6) is 0 Å². The molecule has 0 aliphatic carbocycles. The van der Waals surface area contributed by atoms with Gasteiger partial charge in [-0.1, -0.05) is 36.4 Å². The Morgan fingerprint density at radius 2 is 1.76 bits per heavy atom. The van der Waals surface area contributed by atoms with Gasteiger partial charge >= 0.3 is 0 Å². The Hall–Kier alpha value is -2.18. The number of aryl methyl sites for hydroxylation is 1. The fourth-order valence-corrected chi connectivity index (χ4v) is 1.77. The Bertz CT molecular complexity index is 551. The van der Waals surface area contributed by atoms with Crippen LogP contribution >= 0.6 is 0 Å². The summed E-state index contributed by atoms with van der Waals surface area (Å²) in [5.41, 5.74) is 4.47. The van der Waals surface area contributed by atoms with Crippen molar-refractivity contribution in [1.82, 2.24) is 0 Å². The lowest BCUT2D eigenvalue weighted by atomic mass is 10.0. The van der Waals surface area contributed by atoms with Gasteiger partial charge in [-0.05, 0) is 42.2 Å². The second kappa shape index (κ2) is 5.24. The molecule has 0 saturated carbocycles. The molecule has 0 radical (unpaired) electrons. The molecule has 0 N–H and O–H groups in total. The van der Waals surface area contributed by atoms with E-state index in [1.807, 2.05) is 36.4 Å². The van der Waals surface area contributed by atoms with Gasteiger partial charge in [-0.15, -0.1) is 0 Å². The third-order valence-electron chi connectivity index (χ3n) is 2.77. The lowest BCUT2D eigenvalue weighted by molar-refractivity contribution is 0.565. The molecule has 0 bridgehead atoms. The second-order valence-corrected chi connectivity index (χ2v) is 3.97. The van der Waals surface area contributed by atoms with Gasteiger partial charge in [0.2, 0.25) is 6.08 Å². The average Bonchev–Trinajstić information content (AvgIpc) is 2.35. The molecule has 0 aliphatic heterocycles. The molecule has 0 atom stereocenters. The van der Waals surface area contributed by atoms with E-state index in [9.17, 15) is 4.79 Å². The zero-order valence-electron chi connectivity index (χ0n) is 9.68. The number of nitrogens with zero attached hydrogens (tertiary/aromatic N) is 1. The van der Waals surface area contributed by atoms with Crippen molar-refractivity contribution in [1.29, 1.82) is 0 Å². The molecular formula is C15H13NO. The van der Waals surface area contributed by atoms with Crippen molar-refractivity contribution in [3.8, 4) is 0 Å². The van der Waals surface area contributed by atoms with E-state index in [1.54, 1.807) is 0 Å². The summed E-state index contributed by atoms with van der Waals surface area (Å²) in [6, 6.07) is 16.0. The predicted octanol–water partition coefficient (Wildman–Crippen LogP) is 3.55. The Balaban J connectivity index is 2.19. The van der Waals surface area contributed by atoms with Crippen LogP contribution in [-0.4, -0.2) is 6.08 Å². The van der Waals surface area contributed by atoms with Crippen LogP contribution in [0.2, 0.25) is 0 Å². The maximum absolute atomic E-state index is 10.1. The summed E-state index contributed by atoms with van der Waals surface area (Å²) in [7, 11) is 0. The van der Waals surface area contributed by atoms with Crippen LogP contribution in [-0.2, 0) is 11.2 Å². The largest absolute Gasteiger partial charge is 0.240 e. The molecule has 2 nitrogen and oxygen atoms in total. The summed E-state index contributed by atoms with van der Waals surface area (Å²) in [6.45, 7) is 2.11. The highest BCUT2D eigenvalue weighted by molar-refractivity contribution is 5.49. The Morgan fingerprint density at radius 3 is 2.41 bits per heavy atom. The first-order valence-electron chi connectivity index (χ1n) is 5.51. The van der Waals surface area contributed by atoms with Crippen LogP contribution in [0.15, 0.2) is 53.5 Å². The van der Waals surface area contributed by atoms with Crippen molar-refractivity contribution in [2.24, 2.45) is 4.99 Å². The summed E-state index contributed by atoms with van der Waals surface area (Å²) >= 11 is 0. The standard InChI is InChI=1S/C15H13NO/c1-12-4-2-3-5-14(12)10-13-6-8-15(9-7-13)16-11-17/h2-9H,10H2,1H3. The number of aliphatic imine (C=N–C) groups is 1. The molecule has 0 heterocycles. The summed E-state index contributed by atoms with van der Waals surface area (Å²) in [5, 5.41) is 0. The third-order valence-corrected chi connectivity index (χ3v) is 2.77. The normalized spacial score (nSPS) is 9.71. The van der Waals surface area contributed by atoms with Gasteiger partial charge in [-0.2, -0.15) is 4.99 Å². The number of rotatable bonds is 3. The zero-order chi connectivity index (χ0) is 12.1. The van der Waals surface area contributed by atoms with E-state index in [2.05, 4.69) is 24.0 Å². The molecule has 0 spiro atoms. The molecule has 2 rings (SSSR count). The van der Waals surface area contributed by atoms with Crippen LogP contribution in [0.25, 0.3) is 0 Å². The van der Waals surface area contributed by atoms with Crippen molar-refractivity contribution in [3.63, 3.8) is 0 Å². The van der Waals surface area contributed by atoms with E-state index in [1.165, 1.54) is 22.8 Å². The van der Waals surface area contributed by atoms with Gasteiger partial charge in [-0.3, -0.25) is 0 Å². The molecule has 0 amide bonds. The number of hydrogen-bond acceptors (Lipinski definition) is 2. The van der Waals surface area contributed by atoms with Crippen LogP contribution in [0.4, 0.5) is 5.69 Å². The third kappa shape index (κ3) is 2.90. The molecular weight excluding hydrogens is 210 g/mol. The maximum Gasteiger partial charge on any atom is 0.240 e. The first-order valence-corrected chi connectivity index (χ1v) is 5.51. The lowest BCUT2D eigenvalue weighted by Crippen LogP contribution is -1.90. The van der Waals surface area contributed by atoms with Gasteiger partial charge in [0.05, 0.1) is 5.69 Å². The number of benzene rings is 2. The summed E-state index contributed by atoms with van der Waals surface area (Å²) < 4.78 is 0. The van der Waals surface area contributed by atoms with Crippen molar-refractivity contribution in [2.75, 3.05) is 0 Å². The molecule has 17 heavy (non-hydrogen) atoms.